The van der Waals surface area contributed by atoms with E-state index in [1.807, 2.05) is 60.7 Å². The van der Waals surface area contributed by atoms with E-state index in [0.29, 0.717) is 24.7 Å². The van der Waals surface area contributed by atoms with Gasteiger partial charge in [0.15, 0.2) is 17.5 Å². The zero-order valence-electron chi connectivity index (χ0n) is 27.0. The Kier molecular flexibility index (Phi) is 10.4. The minimum absolute atomic E-state index is 0.500. The van der Waals surface area contributed by atoms with Gasteiger partial charge in [-0.25, -0.2) is 15.0 Å². The first-order valence-electron chi connectivity index (χ1n) is 15.4. The Hall–Kier alpha value is -5.48. The summed E-state index contributed by atoms with van der Waals surface area (Å²) in [4.78, 5) is 14.2. The summed E-state index contributed by atoms with van der Waals surface area (Å²) >= 11 is 0. The highest BCUT2D eigenvalue weighted by Crippen LogP contribution is 2.26. The Balaban J connectivity index is 0.000000182. The number of hydrogen-bond acceptors (Lipinski definition) is 3. The number of fused-ring (bicyclic) bond motifs is 3. The molecule has 0 aliphatic rings. The number of nitrogens with zero attached hydrogens (tertiary/aromatic N) is 3. The van der Waals surface area contributed by atoms with Crippen molar-refractivity contribution >= 4 is 33.7 Å². The van der Waals surface area contributed by atoms with Crippen molar-refractivity contribution in [3.05, 3.63) is 149 Å². The summed E-state index contributed by atoms with van der Waals surface area (Å²) in [7, 11) is 0.500. The highest BCUT2D eigenvalue weighted by Gasteiger charge is 2.12. The lowest BCUT2D eigenvalue weighted by Crippen LogP contribution is -2.25. The summed E-state index contributed by atoms with van der Waals surface area (Å²) in [6.45, 7) is 8.41. The Morgan fingerprint density at radius 3 is 1.11 bits per heavy atom. The molecular weight excluding hydrogens is 565 g/mol. The first kappa shape index (κ1) is 31.9. The van der Waals surface area contributed by atoms with Crippen molar-refractivity contribution in [3.63, 3.8) is 0 Å². The van der Waals surface area contributed by atoms with Gasteiger partial charge in [0.25, 0.3) is 0 Å². The second kappa shape index (κ2) is 15.0. The molecule has 1 aromatic heterocycles. The molecular formula is C42H38FN3. The Morgan fingerprint density at radius 2 is 0.739 bits per heavy atom. The topological polar surface area (TPSA) is 38.7 Å². The molecule has 0 aliphatic carbocycles. The third kappa shape index (κ3) is 6.92. The first-order valence-corrected chi connectivity index (χ1v) is 15.4. The maximum atomic E-state index is 9.50. The molecule has 6 aromatic carbocycles. The Morgan fingerprint density at radius 1 is 0.413 bits per heavy atom. The Bertz CT molecular complexity index is 2060. The monoisotopic (exact) mass is 603 g/mol. The van der Waals surface area contributed by atoms with Crippen molar-refractivity contribution in [1.29, 1.82) is 0 Å². The summed E-state index contributed by atoms with van der Waals surface area (Å²) < 4.78 is 9.50. The van der Waals surface area contributed by atoms with Crippen LogP contribution in [-0.2, 0) is 0 Å². The molecule has 0 atom stereocenters. The van der Waals surface area contributed by atoms with Crippen LogP contribution < -0.4 is 10.4 Å². The second-order valence-corrected chi connectivity index (χ2v) is 10.9. The molecule has 0 bridgehead atoms. The standard InChI is InChI=1S/C23H19N3.C18H16.CH3F/c1-16-13-17(2)15-20(14-16)23-25-21(18-9-5-3-6-10-18)24-22(26-23)19-11-7-4-8-12-19;1-3-13-14(4-2)16-10-6-8-12-18(16)17-11-7-5-9-15(13)17;1-2/h3-15H,1-2H3;3-12H,1-2H3;1H3/b;13-3+,14-4+;. The zero-order chi connectivity index (χ0) is 32.5. The molecule has 7 aromatic rings. The molecule has 7 rings (SSSR count). The summed E-state index contributed by atoms with van der Waals surface area (Å²) in [5.74, 6) is 2.08. The van der Waals surface area contributed by atoms with Crippen LogP contribution in [0.3, 0.4) is 0 Å². The maximum absolute atomic E-state index is 9.50. The smallest absolute Gasteiger partial charge is 0.164 e. The van der Waals surface area contributed by atoms with E-state index >= 15 is 0 Å². The molecule has 0 unspecified atom stereocenters. The molecule has 0 saturated carbocycles. The van der Waals surface area contributed by atoms with Crippen molar-refractivity contribution < 1.29 is 4.39 Å². The fourth-order valence-electron chi connectivity index (χ4n) is 5.86. The SMILES string of the molecule is C/C=c1\c(=C/C)c2ccccc2c2ccccc12.CF.Cc1cc(C)cc(-c2nc(-c3ccccc3)nc(-c3ccccc3)n2)c1. The van der Waals surface area contributed by atoms with Gasteiger partial charge >= 0.3 is 0 Å². The molecule has 0 saturated heterocycles. The van der Waals surface area contributed by atoms with Gasteiger partial charge in [0.2, 0.25) is 0 Å². The van der Waals surface area contributed by atoms with Crippen LogP contribution in [0.1, 0.15) is 25.0 Å². The summed E-state index contributed by atoms with van der Waals surface area (Å²) in [5.41, 5.74) is 5.38. The van der Waals surface area contributed by atoms with E-state index in [4.69, 9.17) is 15.0 Å². The van der Waals surface area contributed by atoms with Gasteiger partial charge in [0.05, 0.1) is 7.18 Å². The van der Waals surface area contributed by atoms with E-state index in [1.54, 1.807) is 0 Å². The zero-order valence-corrected chi connectivity index (χ0v) is 27.0. The highest BCUT2D eigenvalue weighted by atomic mass is 19.1. The predicted octanol–water partition coefficient (Wildman–Crippen LogP) is 9.67. The predicted molar refractivity (Wildman–Crippen MR) is 194 cm³/mol. The van der Waals surface area contributed by atoms with Gasteiger partial charge in [-0.3, -0.25) is 4.39 Å². The number of rotatable bonds is 3. The molecule has 4 heteroatoms. The van der Waals surface area contributed by atoms with E-state index < -0.39 is 0 Å². The molecule has 0 fully saturated rings. The van der Waals surface area contributed by atoms with E-state index in [9.17, 15) is 4.39 Å². The molecule has 0 spiro atoms. The third-order valence-electron chi connectivity index (χ3n) is 7.77. The number of benzene rings is 6. The van der Waals surface area contributed by atoms with Crippen LogP contribution in [0.25, 0.3) is 67.9 Å². The van der Waals surface area contributed by atoms with Gasteiger partial charge in [0, 0.05) is 16.7 Å². The number of aromatic nitrogens is 3. The lowest BCUT2D eigenvalue weighted by Gasteiger charge is -2.09. The largest absolute Gasteiger partial charge is 0.255 e. The summed E-state index contributed by atoms with van der Waals surface area (Å²) in [5, 5.41) is 8.04. The van der Waals surface area contributed by atoms with E-state index in [1.165, 1.54) is 43.1 Å². The normalized spacial score (nSPS) is 11.5. The van der Waals surface area contributed by atoms with E-state index in [2.05, 4.69) is 107 Å². The van der Waals surface area contributed by atoms with Crippen molar-refractivity contribution in [2.45, 2.75) is 27.7 Å². The first-order chi connectivity index (χ1) is 22.6. The van der Waals surface area contributed by atoms with Crippen LogP contribution in [0, 0.1) is 13.8 Å². The lowest BCUT2D eigenvalue weighted by molar-refractivity contribution is 0.636. The van der Waals surface area contributed by atoms with Gasteiger partial charge in [-0.15, -0.1) is 0 Å². The molecule has 0 radical (unpaired) electrons. The molecule has 1 heterocycles. The lowest BCUT2D eigenvalue weighted by atomic mass is 9.97. The number of hydrogen-bond donors (Lipinski definition) is 0. The fraction of sp³-hybridized carbons (Fsp3) is 0.119. The van der Waals surface area contributed by atoms with Crippen molar-refractivity contribution in [2.75, 3.05) is 7.18 Å². The minimum atomic E-state index is 0.500. The maximum Gasteiger partial charge on any atom is 0.164 e. The van der Waals surface area contributed by atoms with Gasteiger partial charge in [-0.1, -0.05) is 139 Å². The fourth-order valence-corrected chi connectivity index (χ4v) is 5.86. The second-order valence-electron chi connectivity index (χ2n) is 10.9. The van der Waals surface area contributed by atoms with Crippen LogP contribution in [0.4, 0.5) is 4.39 Å². The summed E-state index contributed by atoms with van der Waals surface area (Å²) in [6.07, 6.45) is 4.42. The molecule has 228 valence electrons. The van der Waals surface area contributed by atoms with Gasteiger partial charge in [0.1, 0.15) is 0 Å². The van der Waals surface area contributed by atoms with E-state index in [0.717, 1.165) is 16.7 Å². The average molecular weight is 604 g/mol. The van der Waals surface area contributed by atoms with Crippen LogP contribution in [0.2, 0.25) is 0 Å². The van der Waals surface area contributed by atoms with Crippen LogP contribution in [0.5, 0.6) is 0 Å². The third-order valence-corrected chi connectivity index (χ3v) is 7.77. The number of halogens is 1. The van der Waals surface area contributed by atoms with Gasteiger partial charge < -0.3 is 0 Å². The number of aryl methyl sites for hydroxylation is 2. The van der Waals surface area contributed by atoms with Crippen molar-refractivity contribution in [1.82, 2.24) is 15.0 Å². The molecule has 0 N–H and O–H groups in total. The highest BCUT2D eigenvalue weighted by molar-refractivity contribution is 6.08. The summed E-state index contributed by atoms with van der Waals surface area (Å²) in [6, 6.07) is 43.8. The van der Waals surface area contributed by atoms with Crippen LogP contribution in [-0.4, -0.2) is 22.1 Å². The van der Waals surface area contributed by atoms with E-state index in [-0.39, 0.29) is 0 Å². The molecule has 3 nitrogen and oxygen atoms in total. The molecule has 0 aliphatic heterocycles. The minimum Gasteiger partial charge on any atom is -0.255 e. The Labute approximate surface area is 270 Å². The van der Waals surface area contributed by atoms with Crippen LogP contribution >= 0.6 is 0 Å². The van der Waals surface area contributed by atoms with Crippen LogP contribution in [0.15, 0.2) is 127 Å². The quantitative estimate of drug-likeness (QED) is 0.189. The van der Waals surface area contributed by atoms with Crippen molar-refractivity contribution in [3.8, 4) is 34.2 Å². The average Bonchev–Trinajstić information content (AvgIpc) is 3.12. The van der Waals surface area contributed by atoms with Crippen molar-refractivity contribution in [2.24, 2.45) is 0 Å². The number of alkyl halides is 1. The molecule has 46 heavy (non-hydrogen) atoms. The molecule has 0 amide bonds. The van der Waals surface area contributed by atoms with Gasteiger partial charge in [-0.2, -0.15) is 0 Å². The van der Waals surface area contributed by atoms with Gasteiger partial charge in [-0.05, 0) is 71.8 Å².